The van der Waals surface area contributed by atoms with Crippen molar-refractivity contribution in [1.29, 1.82) is 0 Å². The lowest BCUT2D eigenvalue weighted by Crippen LogP contribution is -2.51. The molecule has 2 amide bonds. The first-order valence-corrected chi connectivity index (χ1v) is 11.2. The molecule has 0 aromatic carbocycles. The summed E-state index contributed by atoms with van der Waals surface area (Å²) in [6.07, 6.45) is 10.1. The van der Waals surface area contributed by atoms with Crippen LogP contribution in [0.5, 0.6) is 0 Å². The highest BCUT2D eigenvalue weighted by molar-refractivity contribution is 7.10. The molecule has 4 aliphatic rings. The van der Waals surface area contributed by atoms with E-state index < -0.39 is 0 Å². The van der Waals surface area contributed by atoms with E-state index in [1.54, 1.807) is 11.3 Å². The minimum absolute atomic E-state index is 0.174. The van der Waals surface area contributed by atoms with Gasteiger partial charge in [0.1, 0.15) is 0 Å². The van der Waals surface area contributed by atoms with E-state index >= 15 is 0 Å². The molecule has 140 valence electrons. The predicted molar refractivity (Wildman–Crippen MR) is 102 cm³/mol. The van der Waals surface area contributed by atoms with Crippen LogP contribution in [-0.2, 0) is 17.6 Å². The molecule has 0 radical (unpaired) electrons. The van der Waals surface area contributed by atoms with E-state index in [0.717, 1.165) is 63.2 Å². The van der Waals surface area contributed by atoms with Gasteiger partial charge in [-0.05, 0) is 69.3 Å². The van der Waals surface area contributed by atoms with Crippen molar-refractivity contribution in [2.45, 2.75) is 57.8 Å². The Morgan fingerprint density at radius 1 is 1.15 bits per heavy atom. The molecule has 4 nitrogen and oxygen atoms in total. The summed E-state index contributed by atoms with van der Waals surface area (Å²) in [7, 11) is 0. The van der Waals surface area contributed by atoms with E-state index in [-0.39, 0.29) is 11.3 Å². The molecule has 2 aliphatic heterocycles. The molecule has 3 fully saturated rings. The van der Waals surface area contributed by atoms with Crippen LogP contribution in [0, 0.1) is 11.3 Å². The summed E-state index contributed by atoms with van der Waals surface area (Å²) in [6, 6.07) is 0. The zero-order valence-corrected chi connectivity index (χ0v) is 16.3. The van der Waals surface area contributed by atoms with Crippen molar-refractivity contribution in [2.24, 2.45) is 11.3 Å². The highest BCUT2D eigenvalue weighted by atomic mass is 32.1. The number of fused-ring (bicyclic) bond motifs is 1. The van der Waals surface area contributed by atoms with E-state index in [9.17, 15) is 9.59 Å². The number of likely N-dealkylation sites (tertiary alicyclic amines) is 2. The smallest absolute Gasteiger partial charge is 0.255 e. The van der Waals surface area contributed by atoms with Crippen LogP contribution >= 0.6 is 11.3 Å². The second-order valence-corrected chi connectivity index (χ2v) is 9.78. The highest BCUT2D eigenvalue weighted by Crippen LogP contribution is 2.42. The number of rotatable bonds is 3. The molecular weight excluding hydrogens is 344 g/mol. The van der Waals surface area contributed by atoms with Gasteiger partial charge in [0.25, 0.3) is 5.91 Å². The van der Waals surface area contributed by atoms with Gasteiger partial charge in [-0.3, -0.25) is 9.59 Å². The van der Waals surface area contributed by atoms with Gasteiger partial charge in [0.05, 0.1) is 11.0 Å². The quantitative estimate of drug-likeness (QED) is 0.815. The third-order valence-electron chi connectivity index (χ3n) is 6.93. The van der Waals surface area contributed by atoms with Crippen molar-refractivity contribution < 1.29 is 9.59 Å². The topological polar surface area (TPSA) is 40.6 Å². The maximum atomic E-state index is 13.2. The molecule has 0 N–H and O–H groups in total. The van der Waals surface area contributed by atoms with Crippen LogP contribution in [-0.4, -0.2) is 47.8 Å². The van der Waals surface area contributed by atoms with Crippen LogP contribution in [0.25, 0.3) is 0 Å². The van der Waals surface area contributed by atoms with Gasteiger partial charge in [-0.1, -0.05) is 0 Å². The molecule has 5 heteroatoms. The number of hydrogen-bond acceptors (Lipinski definition) is 3. The minimum Gasteiger partial charge on any atom is -0.342 e. The largest absolute Gasteiger partial charge is 0.342 e. The number of carbonyl (C=O) groups is 2. The van der Waals surface area contributed by atoms with Crippen LogP contribution in [0.2, 0.25) is 0 Å². The van der Waals surface area contributed by atoms with Crippen molar-refractivity contribution >= 4 is 23.2 Å². The summed E-state index contributed by atoms with van der Waals surface area (Å²) in [4.78, 5) is 31.9. The summed E-state index contributed by atoms with van der Waals surface area (Å²) in [5, 5.41) is 2.07. The summed E-state index contributed by atoms with van der Waals surface area (Å²) >= 11 is 1.76. The first kappa shape index (κ1) is 16.8. The van der Waals surface area contributed by atoms with Crippen LogP contribution in [0.3, 0.4) is 0 Å². The van der Waals surface area contributed by atoms with Crippen molar-refractivity contribution in [3.63, 3.8) is 0 Å². The number of nitrogens with zero attached hydrogens (tertiary/aromatic N) is 2. The second-order valence-electron chi connectivity index (χ2n) is 8.81. The Bertz CT molecular complexity index is 738. The number of thiophene rings is 1. The zero-order valence-electron chi connectivity index (χ0n) is 15.5. The first-order valence-electron chi connectivity index (χ1n) is 10.3. The molecule has 3 heterocycles. The standard InChI is InChI=1S/C21H28N2O2S/c24-19(17-13-26-18-5-2-1-4-16(17)18)23-11-9-21(14-23)8-3-10-22(20(21)25)12-15-6-7-15/h13,15H,1-12,14H2/t21-/m1/s1. The van der Waals surface area contributed by atoms with Crippen molar-refractivity contribution in [3.8, 4) is 0 Å². The van der Waals surface area contributed by atoms with Gasteiger partial charge in [0, 0.05) is 36.4 Å². The monoisotopic (exact) mass is 372 g/mol. The van der Waals surface area contributed by atoms with Crippen LogP contribution in [0.1, 0.15) is 65.7 Å². The number of hydrogen-bond donors (Lipinski definition) is 0. The average molecular weight is 373 g/mol. The fourth-order valence-corrected chi connectivity index (χ4v) is 6.33. The number of piperidine rings is 1. The Morgan fingerprint density at radius 3 is 2.85 bits per heavy atom. The maximum Gasteiger partial charge on any atom is 0.255 e. The van der Waals surface area contributed by atoms with Crippen molar-refractivity contribution in [3.05, 3.63) is 21.4 Å². The molecular formula is C21H28N2O2S. The lowest BCUT2D eigenvalue weighted by Gasteiger charge is -2.39. The maximum absolute atomic E-state index is 13.2. The normalized spacial score (nSPS) is 28.7. The molecule has 2 aliphatic carbocycles. The third-order valence-corrected chi connectivity index (χ3v) is 8.02. The predicted octanol–water partition coefficient (Wildman–Crippen LogP) is 3.49. The molecule has 1 atom stereocenters. The first-order chi connectivity index (χ1) is 12.7. The van der Waals surface area contributed by atoms with Gasteiger partial charge in [-0.15, -0.1) is 11.3 Å². The number of amides is 2. The van der Waals surface area contributed by atoms with E-state index in [4.69, 9.17) is 0 Å². The fourth-order valence-electron chi connectivity index (χ4n) is 5.21. The Hall–Kier alpha value is -1.36. The van der Waals surface area contributed by atoms with Gasteiger partial charge in [0.2, 0.25) is 5.91 Å². The summed E-state index contributed by atoms with van der Waals surface area (Å²) in [5.74, 6) is 1.25. The summed E-state index contributed by atoms with van der Waals surface area (Å²) in [6.45, 7) is 3.25. The molecule has 0 bridgehead atoms. The molecule has 0 unspecified atom stereocenters. The second kappa shape index (κ2) is 6.36. The zero-order chi connectivity index (χ0) is 17.7. The Kier molecular flexibility index (Phi) is 4.11. The fraction of sp³-hybridized carbons (Fsp3) is 0.714. The van der Waals surface area contributed by atoms with Gasteiger partial charge in [-0.2, -0.15) is 0 Å². The van der Waals surface area contributed by atoms with Gasteiger partial charge in [0.15, 0.2) is 0 Å². The molecule has 5 rings (SSSR count). The lowest BCUT2D eigenvalue weighted by atomic mass is 9.78. The van der Waals surface area contributed by atoms with Gasteiger partial charge in [-0.25, -0.2) is 0 Å². The highest BCUT2D eigenvalue weighted by Gasteiger charge is 2.50. The Morgan fingerprint density at radius 2 is 2.00 bits per heavy atom. The van der Waals surface area contributed by atoms with E-state index in [1.165, 1.54) is 36.1 Å². The molecule has 26 heavy (non-hydrogen) atoms. The average Bonchev–Trinajstić information content (AvgIpc) is 3.21. The summed E-state index contributed by atoms with van der Waals surface area (Å²) < 4.78 is 0. The molecule has 1 aromatic heterocycles. The Labute approximate surface area is 159 Å². The van der Waals surface area contributed by atoms with Gasteiger partial charge < -0.3 is 9.80 Å². The minimum atomic E-state index is -0.293. The van der Waals surface area contributed by atoms with E-state index in [2.05, 4.69) is 10.3 Å². The SMILES string of the molecule is O=C(c1csc2c1CCCC2)N1CC[C@]2(CCCN(CC3CC3)C2=O)C1. The summed E-state index contributed by atoms with van der Waals surface area (Å²) in [5.41, 5.74) is 1.94. The molecule has 1 saturated carbocycles. The lowest BCUT2D eigenvalue weighted by molar-refractivity contribution is -0.145. The molecule has 2 saturated heterocycles. The molecule has 1 spiro atoms. The van der Waals surface area contributed by atoms with Crippen molar-refractivity contribution in [1.82, 2.24) is 9.80 Å². The molecule has 1 aromatic rings. The van der Waals surface area contributed by atoms with Crippen LogP contribution in [0.15, 0.2) is 5.38 Å². The Balaban J connectivity index is 1.32. The number of aryl methyl sites for hydroxylation is 1. The third kappa shape index (κ3) is 2.79. The van der Waals surface area contributed by atoms with E-state index in [0.29, 0.717) is 12.5 Å². The van der Waals surface area contributed by atoms with Crippen LogP contribution < -0.4 is 0 Å². The van der Waals surface area contributed by atoms with Crippen molar-refractivity contribution in [2.75, 3.05) is 26.2 Å². The number of carbonyl (C=O) groups excluding carboxylic acids is 2. The van der Waals surface area contributed by atoms with Crippen LogP contribution in [0.4, 0.5) is 0 Å². The van der Waals surface area contributed by atoms with Gasteiger partial charge >= 0.3 is 0 Å². The van der Waals surface area contributed by atoms with E-state index in [1.807, 2.05) is 4.90 Å².